The maximum absolute atomic E-state index is 5.71. The van der Waals surface area contributed by atoms with E-state index in [1.54, 1.807) is 18.4 Å². The quantitative estimate of drug-likeness (QED) is 0.926. The summed E-state index contributed by atoms with van der Waals surface area (Å²) in [7, 11) is 1.69. The lowest BCUT2D eigenvalue weighted by molar-refractivity contribution is 0.412. The van der Waals surface area contributed by atoms with E-state index in [0.29, 0.717) is 12.5 Å². The van der Waals surface area contributed by atoms with Crippen LogP contribution in [0.2, 0.25) is 0 Å². The van der Waals surface area contributed by atoms with Crippen molar-refractivity contribution in [2.24, 2.45) is 5.73 Å². The molecule has 0 amide bonds. The van der Waals surface area contributed by atoms with Gasteiger partial charge in [-0.05, 0) is 36.6 Å². The maximum atomic E-state index is 5.71. The Hall–Kier alpha value is -1.39. The molecule has 102 valence electrons. The zero-order valence-corrected chi connectivity index (χ0v) is 12.7. The maximum Gasteiger partial charge on any atom is 0.121 e. The molecule has 0 atom stereocenters. The number of nitrogens with two attached hydrogens (primary N) is 1. The monoisotopic (exact) mass is 276 g/mol. The van der Waals surface area contributed by atoms with Gasteiger partial charge >= 0.3 is 0 Å². The van der Waals surface area contributed by atoms with Gasteiger partial charge in [-0.1, -0.05) is 13.8 Å². The van der Waals surface area contributed by atoms with Crippen molar-refractivity contribution in [2.45, 2.75) is 33.2 Å². The normalized spacial score (nSPS) is 11.1. The molecule has 0 unspecified atom stereocenters. The van der Waals surface area contributed by atoms with Gasteiger partial charge in [0, 0.05) is 17.0 Å². The fourth-order valence-electron chi connectivity index (χ4n) is 2.09. The molecule has 1 heterocycles. The molecule has 2 rings (SSSR count). The molecule has 19 heavy (non-hydrogen) atoms. The van der Waals surface area contributed by atoms with Crippen molar-refractivity contribution in [2.75, 3.05) is 7.11 Å². The topological polar surface area (TPSA) is 48.1 Å². The first-order valence-electron chi connectivity index (χ1n) is 6.41. The molecule has 0 fully saturated rings. The summed E-state index contributed by atoms with van der Waals surface area (Å²) in [6.07, 6.45) is 0. The lowest BCUT2D eigenvalue weighted by atomic mass is 10.0. The lowest BCUT2D eigenvalue weighted by Crippen LogP contribution is -1.95. The van der Waals surface area contributed by atoms with Gasteiger partial charge in [-0.2, -0.15) is 0 Å². The van der Waals surface area contributed by atoms with Crippen LogP contribution < -0.4 is 10.5 Å². The minimum atomic E-state index is 0.454. The summed E-state index contributed by atoms with van der Waals surface area (Å²) in [5.41, 5.74) is 9.03. The van der Waals surface area contributed by atoms with Crippen LogP contribution in [0.4, 0.5) is 0 Å². The summed E-state index contributed by atoms with van der Waals surface area (Å²) in [6.45, 7) is 6.93. The standard InChI is InChI=1S/C15H20N2OS/c1-9(2)15-14(17-13(8-16)19-15)11-5-6-12(18-4)10(3)7-11/h5-7,9H,8,16H2,1-4H3. The first-order chi connectivity index (χ1) is 9.06. The number of rotatable bonds is 4. The van der Waals surface area contributed by atoms with Crippen LogP contribution in [0.5, 0.6) is 5.75 Å². The molecular weight excluding hydrogens is 256 g/mol. The number of ether oxygens (including phenoxy) is 1. The van der Waals surface area contributed by atoms with E-state index in [1.165, 1.54) is 4.88 Å². The fraction of sp³-hybridized carbons (Fsp3) is 0.400. The molecule has 0 spiro atoms. The Labute approximate surface area is 118 Å². The molecule has 0 aliphatic heterocycles. The number of benzene rings is 1. The largest absolute Gasteiger partial charge is 0.496 e. The Morgan fingerprint density at radius 1 is 1.37 bits per heavy atom. The summed E-state index contributed by atoms with van der Waals surface area (Å²) in [5.74, 6) is 1.36. The van der Waals surface area contributed by atoms with Crippen LogP contribution in [-0.2, 0) is 6.54 Å². The third kappa shape index (κ3) is 2.80. The predicted octanol–water partition coefficient (Wildman–Crippen LogP) is 3.71. The van der Waals surface area contributed by atoms with E-state index in [2.05, 4.69) is 31.0 Å². The van der Waals surface area contributed by atoms with E-state index < -0.39 is 0 Å². The van der Waals surface area contributed by atoms with Gasteiger partial charge in [0.05, 0.1) is 12.8 Å². The molecule has 0 aliphatic carbocycles. The lowest BCUT2D eigenvalue weighted by Gasteiger charge is -2.09. The molecule has 4 heteroatoms. The van der Waals surface area contributed by atoms with Gasteiger partial charge in [0.1, 0.15) is 10.8 Å². The molecule has 1 aromatic carbocycles. The van der Waals surface area contributed by atoms with E-state index in [0.717, 1.165) is 27.6 Å². The summed E-state index contributed by atoms with van der Waals surface area (Å²) in [4.78, 5) is 5.97. The van der Waals surface area contributed by atoms with Crippen LogP contribution in [0.15, 0.2) is 18.2 Å². The highest BCUT2D eigenvalue weighted by molar-refractivity contribution is 7.12. The average molecular weight is 276 g/mol. The molecule has 2 N–H and O–H groups in total. The Morgan fingerprint density at radius 2 is 2.11 bits per heavy atom. The third-order valence-electron chi connectivity index (χ3n) is 3.06. The number of nitrogens with zero attached hydrogens (tertiary/aromatic N) is 1. The second-order valence-corrected chi connectivity index (χ2v) is 5.98. The van der Waals surface area contributed by atoms with Gasteiger partial charge < -0.3 is 10.5 Å². The number of hydrogen-bond donors (Lipinski definition) is 1. The van der Waals surface area contributed by atoms with Gasteiger partial charge in [-0.3, -0.25) is 0 Å². The van der Waals surface area contributed by atoms with Gasteiger partial charge in [0.2, 0.25) is 0 Å². The smallest absolute Gasteiger partial charge is 0.121 e. The Morgan fingerprint density at radius 3 is 2.63 bits per heavy atom. The van der Waals surface area contributed by atoms with Gasteiger partial charge in [-0.25, -0.2) is 4.98 Å². The van der Waals surface area contributed by atoms with Crippen molar-refractivity contribution in [3.8, 4) is 17.0 Å². The van der Waals surface area contributed by atoms with Crippen LogP contribution in [0, 0.1) is 6.92 Å². The minimum Gasteiger partial charge on any atom is -0.496 e. The highest BCUT2D eigenvalue weighted by Gasteiger charge is 2.15. The second kappa shape index (κ2) is 5.72. The van der Waals surface area contributed by atoms with Crippen molar-refractivity contribution >= 4 is 11.3 Å². The van der Waals surface area contributed by atoms with Crippen molar-refractivity contribution < 1.29 is 4.74 Å². The number of thiazole rings is 1. The summed E-state index contributed by atoms with van der Waals surface area (Å²) in [5, 5.41) is 0.993. The van der Waals surface area contributed by atoms with Crippen LogP contribution in [0.25, 0.3) is 11.3 Å². The second-order valence-electron chi connectivity index (χ2n) is 4.86. The summed E-state index contributed by atoms with van der Waals surface area (Å²) in [6, 6.07) is 6.18. The minimum absolute atomic E-state index is 0.454. The fourth-order valence-corrected chi connectivity index (χ4v) is 3.06. The molecule has 1 aromatic heterocycles. The molecular formula is C15H20N2OS. The molecule has 0 bridgehead atoms. The van der Waals surface area contributed by atoms with Crippen molar-refractivity contribution in [3.05, 3.63) is 33.6 Å². The SMILES string of the molecule is COc1ccc(-c2nc(CN)sc2C(C)C)cc1C. The Bertz CT molecular complexity index is 576. The zero-order valence-electron chi connectivity index (χ0n) is 11.9. The van der Waals surface area contributed by atoms with E-state index in [4.69, 9.17) is 10.5 Å². The Balaban J connectivity index is 2.51. The van der Waals surface area contributed by atoms with Crippen LogP contribution in [0.1, 0.15) is 35.2 Å². The van der Waals surface area contributed by atoms with E-state index in [-0.39, 0.29) is 0 Å². The van der Waals surface area contributed by atoms with Gasteiger partial charge in [0.15, 0.2) is 0 Å². The number of aromatic nitrogens is 1. The zero-order chi connectivity index (χ0) is 14.0. The predicted molar refractivity (Wildman–Crippen MR) is 80.8 cm³/mol. The van der Waals surface area contributed by atoms with Crippen LogP contribution in [0.3, 0.4) is 0 Å². The first-order valence-corrected chi connectivity index (χ1v) is 7.23. The highest BCUT2D eigenvalue weighted by atomic mass is 32.1. The molecule has 0 radical (unpaired) electrons. The van der Waals surface area contributed by atoms with Gasteiger partial charge in [0.25, 0.3) is 0 Å². The van der Waals surface area contributed by atoms with E-state index in [9.17, 15) is 0 Å². The average Bonchev–Trinajstić information content (AvgIpc) is 2.83. The number of hydrogen-bond acceptors (Lipinski definition) is 4. The molecule has 0 saturated carbocycles. The molecule has 2 aromatic rings. The molecule has 3 nitrogen and oxygen atoms in total. The van der Waals surface area contributed by atoms with E-state index >= 15 is 0 Å². The number of aryl methyl sites for hydroxylation is 1. The first kappa shape index (κ1) is 14.0. The molecule has 0 aliphatic rings. The van der Waals surface area contributed by atoms with Crippen molar-refractivity contribution in [1.82, 2.24) is 4.98 Å². The molecule has 0 saturated heterocycles. The van der Waals surface area contributed by atoms with Crippen LogP contribution in [-0.4, -0.2) is 12.1 Å². The Kier molecular flexibility index (Phi) is 4.22. The summed E-state index contributed by atoms with van der Waals surface area (Å²) < 4.78 is 5.30. The highest BCUT2D eigenvalue weighted by Crippen LogP contribution is 2.35. The van der Waals surface area contributed by atoms with Crippen LogP contribution >= 0.6 is 11.3 Å². The van der Waals surface area contributed by atoms with E-state index in [1.807, 2.05) is 13.0 Å². The summed E-state index contributed by atoms with van der Waals surface area (Å²) >= 11 is 1.71. The van der Waals surface area contributed by atoms with Crippen molar-refractivity contribution in [3.63, 3.8) is 0 Å². The third-order valence-corrected chi connectivity index (χ3v) is 4.44. The van der Waals surface area contributed by atoms with Crippen molar-refractivity contribution in [1.29, 1.82) is 0 Å². The number of methoxy groups -OCH3 is 1. The van der Waals surface area contributed by atoms with Gasteiger partial charge in [-0.15, -0.1) is 11.3 Å².